The summed E-state index contributed by atoms with van der Waals surface area (Å²) in [7, 11) is -4.16. The molecular formula is C10H12N2O4S. The van der Waals surface area contributed by atoms with E-state index in [2.05, 4.69) is 0 Å². The highest BCUT2D eigenvalue weighted by molar-refractivity contribution is 7.99. The zero-order chi connectivity index (χ0) is 13.3. The van der Waals surface area contributed by atoms with Crippen LogP contribution in [0.15, 0.2) is 22.3 Å². The number of allylic oxidation sites excluding steroid dienone is 2. The van der Waals surface area contributed by atoms with Crippen molar-refractivity contribution in [2.45, 2.75) is 13.8 Å². The van der Waals surface area contributed by atoms with E-state index in [9.17, 15) is 8.42 Å². The fourth-order valence-corrected chi connectivity index (χ4v) is 1.60. The standard InChI is InChI=1S/C10H12N2O4S/c1-3-15-7-9(5-11)17(13,14)10(6-12)8-16-4-2/h7-8H,3-4H2,1-2H3. The molecule has 7 heteroatoms. The Balaban J connectivity index is 5.39. The second-order valence-electron chi connectivity index (χ2n) is 2.60. The summed E-state index contributed by atoms with van der Waals surface area (Å²) >= 11 is 0. The molecule has 0 saturated heterocycles. The topological polar surface area (TPSA) is 100 Å². The zero-order valence-corrected chi connectivity index (χ0v) is 10.3. The van der Waals surface area contributed by atoms with Gasteiger partial charge in [-0.3, -0.25) is 0 Å². The molecule has 0 aromatic rings. The molecule has 0 N–H and O–H groups in total. The summed E-state index contributed by atoms with van der Waals surface area (Å²) in [6.07, 6.45) is 1.62. The molecule has 0 saturated carbocycles. The Morgan fingerprint density at radius 1 is 1.06 bits per heavy atom. The first-order valence-electron chi connectivity index (χ1n) is 4.73. The molecule has 0 bridgehead atoms. The molecule has 0 spiro atoms. The fourth-order valence-electron chi connectivity index (χ4n) is 0.736. The smallest absolute Gasteiger partial charge is 0.232 e. The predicted molar refractivity (Wildman–Crippen MR) is 59.6 cm³/mol. The van der Waals surface area contributed by atoms with E-state index in [1.54, 1.807) is 13.8 Å². The van der Waals surface area contributed by atoms with E-state index in [0.29, 0.717) is 0 Å². The lowest BCUT2D eigenvalue weighted by Crippen LogP contribution is -2.06. The Bertz CT molecular complexity index is 451. The average Bonchev–Trinajstić information content (AvgIpc) is 2.30. The highest BCUT2D eigenvalue weighted by atomic mass is 32.2. The van der Waals surface area contributed by atoms with Gasteiger partial charge in [-0.05, 0) is 13.8 Å². The Labute approximate surface area is 100 Å². The van der Waals surface area contributed by atoms with Crippen LogP contribution in [0.1, 0.15) is 13.8 Å². The van der Waals surface area contributed by atoms with Crippen LogP contribution in [0, 0.1) is 22.7 Å². The summed E-state index contributed by atoms with van der Waals surface area (Å²) in [5, 5.41) is 17.4. The molecule has 0 heterocycles. The van der Waals surface area contributed by atoms with Crippen molar-refractivity contribution < 1.29 is 17.9 Å². The minimum Gasteiger partial charge on any atom is -0.499 e. The van der Waals surface area contributed by atoms with Gasteiger partial charge < -0.3 is 9.47 Å². The Morgan fingerprint density at radius 2 is 1.41 bits per heavy atom. The molecule has 0 aliphatic heterocycles. The largest absolute Gasteiger partial charge is 0.499 e. The minimum atomic E-state index is -4.16. The third-order valence-electron chi connectivity index (χ3n) is 1.51. The van der Waals surface area contributed by atoms with Crippen LogP contribution in [0.4, 0.5) is 0 Å². The molecule has 0 fully saturated rings. The first kappa shape index (κ1) is 15.0. The van der Waals surface area contributed by atoms with Crippen LogP contribution in [-0.4, -0.2) is 21.6 Å². The molecule has 0 atom stereocenters. The maximum atomic E-state index is 11.8. The number of sulfone groups is 1. The van der Waals surface area contributed by atoms with Crippen molar-refractivity contribution in [1.82, 2.24) is 0 Å². The van der Waals surface area contributed by atoms with E-state index in [-0.39, 0.29) is 13.2 Å². The quantitative estimate of drug-likeness (QED) is 0.523. The van der Waals surface area contributed by atoms with Crippen molar-refractivity contribution in [3.05, 3.63) is 22.3 Å². The number of hydrogen-bond acceptors (Lipinski definition) is 6. The number of nitrogens with zero attached hydrogens (tertiary/aromatic N) is 2. The predicted octanol–water partition coefficient (Wildman–Crippen LogP) is 1.20. The summed E-state index contributed by atoms with van der Waals surface area (Å²) in [4.78, 5) is -1.27. The minimum absolute atomic E-state index is 0.220. The van der Waals surface area contributed by atoms with E-state index in [1.165, 1.54) is 12.1 Å². The third kappa shape index (κ3) is 4.17. The number of ether oxygens (including phenoxy) is 2. The van der Waals surface area contributed by atoms with Crippen molar-refractivity contribution in [1.29, 1.82) is 10.5 Å². The normalized spacial score (nSPS) is 12.5. The molecule has 0 aromatic heterocycles. The van der Waals surface area contributed by atoms with Crippen LogP contribution in [-0.2, 0) is 19.3 Å². The summed E-state index contributed by atoms with van der Waals surface area (Å²) in [5.41, 5.74) is 0. The van der Waals surface area contributed by atoms with Crippen LogP contribution >= 0.6 is 0 Å². The number of hydrogen-bond donors (Lipinski definition) is 0. The van der Waals surface area contributed by atoms with Crippen LogP contribution in [0.25, 0.3) is 0 Å². The van der Waals surface area contributed by atoms with Gasteiger partial charge in [-0.15, -0.1) is 0 Å². The lowest BCUT2D eigenvalue weighted by Gasteiger charge is -2.01. The molecule has 0 aromatic carbocycles. The molecule has 0 aliphatic carbocycles. The van der Waals surface area contributed by atoms with Gasteiger partial charge in [0.2, 0.25) is 9.84 Å². The first-order valence-corrected chi connectivity index (χ1v) is 6.21. The second-order valence-corrected chi connectivity index (χ2v) is 4.49. The van der Waals surface area contributed by atoms with Gasteiger partial charge in [0.05, 0.1) is 13.2 Å². The van der Waals surface area contributed by atoms with E-state index < -0.39 is 19.6 Å². The molecule has 0 amide bonds. The van der Waals surface area contributed by atoms with Gasteiger partial charge in [-0.2, -0.15) is 10.5 Å². The van der Waals surface area contributed by atoms with Crippen molar-refractivity contribution in [2.75, 3.05) is 13.2 Å². The van der Waals surface area contributed by atoms with Gasteiger partial charge in [-0.25, -0.2) is 8.42 Å². The van der Waals surface area contributed by atoms with Gasteiger partial charge >= 0.3 is 0 Å². The maximum Gasteiger partial charge on any atom is 0.232 e. The van der Waals surface area contributed by atoms with E-state index in [4.69, 9.17) is 20.0 Å². The Hall–Kier alpha value is -1.99. The number of rotatable bonds is 6. The van der Waals surface area contributed by atoms with E-state index in [0.717, 1.165) is 12.5 Å². The number of nitriles is 2. The van der Waals surface area contributed by atoms with Gasteiger partial charge in [0.25, 0.3) is 0 Å². The van der Waals surface area contributed by atoms with Gasteiger partial charge in [0.15, 0.2) is 9.81 Å². The average molecular weight is 256 g/mol. The van der Waals surface area contributed by atoms with Crippen LogP contribution < -0.4 is 0 Å². The maximum absolute atomic E-state index is 11.8. The molecule has 0 rings (SSSR count). The second kappa shape index (κ2) is 7.31. The van der Waals surface area contributed by atoms with Crippen LogP contribution in [0.2, 0.25) is 0 Å². The van der Waals surface area contributed by atoms with Crippen molar-refractivity contribution >= 4 is 9.84 Å². The first-order chi connectivity index (χ1) is 8.04. The molecule has 6 nitrogen and oxygen atoms in total. The highest BCUT2D eigenvalue weighted by Gasteiger charge is 2.25. The van der Waals surface area contributed by atoms with Crippen molar-refractivity contribution in [2.24, 2.45) is 0 Å². The van der Waals surface area contributed by atoms with Gasteiger partial charge in [0, 0.05) is 0 Å². The van der Waals surface area contributed by atoms with Crippen molar-refractivity contribution in [3.63, 3.8) is 0 Å². The zero-order valence-electron chi connectivity index (χ0n) is 9.50. The molecule has 92 valence electrons. The lowest BCUT2D eigenvalue weighted by molar-refractivity contribution is 0.268. The monoisotopic (exact) mass is 256 g/mol. The van der Waals surface area contributed by atoms with E-state index in [1.807, 2.05) is 0 Å². The van der Waals surface area contributed by atoms with Crippen molar-refractivity contribution in [3.8, 4) is 12.1 Å². The summed E-state index contributed by atoms with van der Waals surface area (Å²) in [6.45, 7) is 3.72. The van der Waals surface area contributed by atoms with Crippen LogP contribution in [0.5, 0.6) is 0 Å². The molecule has 0 radical (unpaired) electrons. The highest BCUT2D eigenvalue weighted by Crippen LogP contribution is 2.16. The Morgan fingerprint density at radius 3 is 1.65 bits per heavy atom. The molecule has 17 heavy (non-hydrogen) atoms. The van der Waals surface area contributed by atoms with Gasteiger partial charge in [-0.1, -0.05) is 0 Å². The third-order valence-corrected chi connectivity index (χ3v) is 3.05. The van der Waals surface area contributed by atoms with E-state index >= 15 is 0 Å². The Kier molecular flexibility index (Phi) is 6.46. The summed E-state index contributed by atoms with van der Waals surface area (Å²) in [5.74, 6) is 0. The molecular weight excluding hydrogens is 244 g/mol. The lowest BCUT2D eigenvalue weighted by atomic mass is 10.7. The molecule has 0 unspecified atom stereocenters. The van der Waals surface area contributed by atoms with Crippen LogP contribution in [0.3, 0.4) is 0 Å². The fraction of sp³-hybridized carbons (Fsp3) is 0.400. The summed E-state index contributed by atoms with van der Waals surface area (Å²) < 4.78 is 33.0. The van der Waals surface area contributed by atoms with Gasteiger partial charge in [0.1, 0.15) is 24.7 Å². The summed E-state index contributed by atoms with van der Waals surface area (Å²) in [6, 6.07) is 2.94. The SMILES string of the molecule is CCOC=C(C#N)S(=O)(=O)C(C#N)=COCC. The molecule has 0 aliphatic rings.